The average Bonchev–Trinajstić information content (AvgIpc) is 2.77. The van der Waals surface area contributed by atoms with Gasteiger partial charge in [0.1, 0.15) is 0 Å². The van der Waals surface area contributed by atoms with E-state index in [4.69, 9.17) is 11.6 Å². The molecule has 0 rings (SSSR count). The van der Waals surface area contributed by atoms with Crippen LogP contribution < -0.4 is 0 Å². The van der Waals surface area contributed by atoms with Gasteiger partial charge >= 0.3 is 0 Å². The maximum atomic E-state index is 6.21. The molecule has 0 aliphatic heterocycles. The van der Waals surface area contributed by atoms with Gasteiger partial charge in [-0.1, -0.05) is 167 Å². The number of alkyl halides is 1. The maximum absolute atomic E-state index is 6.21. The van der Waals surface area contributed by atoms with E-state index < -0.39 is 0 Å². The molecule has 0 fully saturated rings. The molecule has 1 atom stereocenters. The molecule has 1 heteroatoms. The Morgan fingerprint density at radius 2 is 0.742 bits per heavy atom. The Morgan fingerprint density at radius 3 is 1.00 bits per heavy atom. The van der Waals surface area contributed by atoms with Crippen molar-refractivity contribution in [2.75, 3.05) is 0 Å². The number of unbranched alkanes of at least 4 members (excludes halogenated alkanes) is 23. The smallest absolute Gasteiger partial charge is 0.0370 e. The van der Waals surface area contributed by atoms with Crippen LogP contribution in [0.5, 0.6) is 0 Å². The van der Waals surface area contributed by atoms with Crippen LogP contribution in [-0.2, 0) is 0 Å². The molecule has 0 N–H and O–H groups in total. The third-order valence-corrected chi connectivity index (χ3v) is 7.19. The molecular weight excluding hydrogens is 396 g/mol. The summed E-state index contributed by atoms with van der Waals surface area (Å²) in [6.07, 6.45) is 38.9. The first kappa shape index (κ1) is 31.0. The Labute approximate surface area is 203 Å². The summed E-state index contributed by atoms with van der Waals surface area (Å²) in [5.74, 6) is 0. The molecule has 0 saturated carbocycles. The second kappa shape index (κ2) is 28.1. The highest BCUT2D eigenvalue weighted by atomic mass is 35.5. The SMILES string of the molecule is C=CCC(Cl)CCCCCCCCCCCCCCCCCCCCCCCCCC. The second-order valence-corrected chi connectivity index (χ2v) is 10.7. The molecule has 0 aromatic heterocycles. The summed E-state index contributed by atoms with van der Waals surface area (Å²) in [6, 6.07) is 0. The lowest BCUT2D eigenvalue weighted by Crippen LogP contribution is -1.95. The van der Waals surface area contributed by atoms with Gasteiger partial charge in [0.05, 0.1) is 0 Å². The number of hydrogen-bond acceptors (Lipinski definition) is 0. The predicted octanol–water partition coefficient (Wildman–Crippen LogP) is 11.9. The summed E-state index contributed by atoms with van der Waals surface area (Å²) in [5.41, 5.74) is 0. The number of allylic oxidation sites excluding steroid dienone is 1. The first-order valence-corrected chi connectivity index (χ1v) is 15.0. The number of halogens is 1. The third-order valence-electron chi connectivity index (χ3n) is 6.79. The van der Waals surface area contributed by atoms with E-state index in [1.54, 1.807) is 0 Å². The molecule has 0 aromatic carbocycles. The van der Waals surface area contributed by atoms with Crippen molar-refractivity contribution < 1.29 is 0 Å². The third kappa shape index (κ3) is 28.0. The van der Waals surface area contributed by atoms with E-state index in [0.717, 1.165) is 12.8 Å². The highest BCUT2D eigenvalue weighted by Crippen LogP contribution is 2.17. The van der Waals surface area contributed by atoms with Gasteiger partial charge in [-0.2, -0.15) is 0 Å². The van der Waals surface area contributed by atoms with Crippen molar-refractivity contribution in [2.24, 2.45) is 0 Å². The summed E-state index contributed by atoms with van der Waals surface area (Å²) in [6.45, 7) is 6.06. The van der Waals surface area contributed by atoms with Crippen LogP contribution in [0.1, 0.15) is 174 Å². The number of rotatable bonds is 27. The van der Waals surface area contributed by atoms with Crippen molar-refractivity contribution in [1.29, 1.82) is 0 Å². The van der Waals surface area contributed by atoms with Crippen LogP contribution in [0.2, 0.25) is 0 Å². The van der Waals surface area contributed by atoms with Gasteiger partial charge in [0.2, 0.25) is 0 Å². The molecule has 0 bridgehead atoms. The van der Waals surface area contributed by atoms with Gasteiger partial charge in [0.15, 0.2) is 0 Å². The zero-order valence-electron chi connectivity index (χ0n) is 21.6. The Hall–Kier alpha value is 0.0300. The van der Waals surface area contributed by atoms with Crippen LogP contribution in [0.4, 0.5) is 0 Å². The quantitative estimate of drug-likeness (QED) is 0.0657. The first-order chi connectivity index (χ1) is 15.3. The van der Waals surface area contributed by atoms with E-state index in [9.17, 15) is 0 Å². The van der Waals surface area contributed by atoms with E-state index in [1.165, 1.54) is 154 Å². The topological polar surface area (TPSA) is 0 Å². The first-order valence-electron chi connectivity index (χ1n) is 14.6. The van der Waals surface area contributed by atoms with Crippen LogP contribution in [0.25, 0.3) is 0 Å². The summed E-state index contributed by atoms with van der Waals surface area (Å²) in [5, 5.41) is 0.317. The van der Waals surface area contributed by atoms with Crippen molar-refractivity contribution in [1.82, 2.24) is 0 Å². The normalized spacial score (nSPS) is 12.3. The summed E-state index contributed by atoms with van der Waals surface area (Å²) in [4.78, 5) is 0. The summed E-state index contributed by atoms with van der Waals surface area (Å²) in [7, 11) is 0. The van der Waals surface area contributed by atoms with Crippen molar-refractivity contribution in [3.8, 4) is 0 Å². The van der Waals surface area contributed by atoms with E-state index in [1.807, 2.05) is 6.08 Å². The van der Waals surface area contributed by atoms with Gasteiger partial charge in [0.25, 0.3) is 0 Å². The molecule has 0 aliphatic carbocycles. The average molecular weight is 455 g/mol. The molecule has 31 heavy (non-hydrogen) atoms. The maximum Gasteiger partial charge on any atom is 0.0370 e. The largest absolute Gasteiger partial charge is 0.123 e. The van der Waals surface area contributed by atoms with E-state index in [0.29, 0.717) is 5.38 Å². The molecule has 0 radical (unpaired) electrons. The monoisotopic (exact) mass is 454 g/mol. The van der Waals surface area contributed by atoms with Crippen LogP contribution in [0.15, 0.2) is 12.7 Å². The highest BCUT2D eigenvalue weighted by Gasteiger charge is 2.01. The predicted molar refractivity (Wildman–Crippen MR) is 146 cm³/mol. The van der Waals surface area contributed by atoms with Crippen molar-refractivity contribution >= 4 is 11.6 Å². The molecule has 0 heterocycles. The van der Waals surface area contributed by atoms with Gasteiger partial charge in [-0.05, 0) is 12.8 Å². The second-order valence-electron chi connectivity index (χ2n) is 10.0. The fourth-order valence-corrected chi connectivity index (χ4v) is 4.91. The zero-order chi connectivity index (χ0) is 22.7. The molecule has 0 aliphatic rings. The lowest BCUT2D eigenvalue weighted by atomic mass is 10.0. The van der Waals surface area contributed by atoms with E-state index in [-0.39, 0.29) is 0 Å². The minimum absolute atomic E-state index is 0.317. The van der Waals surface area contributed by atoms with E-state index >= 15 is 0 Å². The molecule has 0 saturated heterocycles. The Kier molecular flexibility index (Phi) is 28.1. The fraction of sp³-hybridized carbons (Fsp3) is 0.933. The number of hydrogen-bond donors (Lipinski definition) is 0. The minimum Gasteiger partial charge on any atom is -0.123 e. The Balaban J connectivity index is 3.03. The Bertz CT molecular complexity index is 324. The van der Waals surface area contributed by atoms with Crippen molar-refractivity contribution in [3.63, 3.8) is 0 Å². The van der Waals surface area contributed by atoms with Gasteiger partial charge in [-0.25, -0.2) is 0 Å². The molecule has 186 valence electrons. The summed E-state index contributed by atoms with van der Waals surface area (Å²) < 4.78 is 0. The molecule has 0 spiro atoms. The van der Waals surface area contributed by atoms with Gasteiger partial charge < -0.3 is 0 Å². The zero-order valence-corrected chi connectivity index (χ0v) is 22.4. The van der Waals surface area contributed by atoms with Crippen LogP contribution >= 0.6 is 11.6 Å². The van der Waals surface area contributed by atoms with Gasteiger partial charge in [0, 0.05) is 5.38 Å². The standard InChI is InChI=1S/C30H59Cl/c1-3-5-6-7-8-9-10-11-12-13-14-15-16-17-18-19-20-21-22-23-24-25-26-27-29-30(31)28-4-2/h4,30H,2-3,5-29H2,1H3. The van der Waals surface area contributed by atoms with Gasteiger partial charge in [-0.15, -0.1) is 18.2 Å². The molecule has 0 nitrogen and oxygen atoms in total. The lowest BCUT2D eigenvalue weighted by molar-refractivity contribution is 0.515. The van der Waals surface area contributed by atoms with Crippen LogP contribution in [0, 0.1) is 0 Å². The minimum atomic E-state index is 0.317. The van der Waals surface area contributed by atoms with Crippen LogP contribution in [0.3, 0.4) is 0 Å². The van der Waals surface area contributed by atoms with E-state index in [2.05, 4.69) is 13.5 Å². The lowest BCUT2D eigenvalue weighted by Gasteiger charge is -2.06. The Morgan fingerprint density at radius 1 is 0.484 bits per heavy atom. The van der Waals surface area contributed by atoms with Crippen molar-refractivity contribution in [3.05, 3.63) is 12.7 Å². The molecule has 0 aromatic rings. The molecular formula is C30H59Cl. The van der Waals surface area contributed by atoms with Gasteiger partial charge in [-0.3, -0.25) is 0 Å². The molecule has 1 unspecified atom stereocenters. The van der Waals surface area contributed by atoms with Crippen LogP contribution in [-0.4, -0.2) is 5.38 Å². The molecule has 0 amide bonds. The van der Waals surface area contributed by atoms with Crippen molar-refractivity contribution in [2.45, 2.75) is 179 Å². The fourth-order valence-electron chi connectivity index (χ4n) is 4.63. The highest BCUT2D eigenvalue weighted by molar-refractivity contribution is 6.20. The summed E-state index contributed by atoms with van der Waals surface area (Å²) >= 11 is 6.21.